The highest BCUT2D eigenvalue weighted by atomic mass is 35.5. The van der Waals surface area contributed by atoms with Crippen LogP contribution < -0.4 is 10.1 Å². The van der Waals surface area contributed by atoms with Crippen LogP contribution in [0.5, 0.6) is 5.75 Å². The summed E-state index contributed by atoms with van der Waals surface area (Å²) in [6.45, 7) is 0. The van der Waals surface area contributed by atoms with E-state index in [1.807, 2.05) is 24.3 Å². The minimum atomic E-state index is -0.324. The molecule has 2 aromatic carbocycles. The predicted molar refractivity (Wildman–Crippen MR) is 98.5 cm³/mol. The summed E-state index contributed by atoms with van der Waals surface area (Å²) in [5.74, 6) is 0.445. The molecule has 1 heterocycles. The highest BCUT2D eigenvalue weighted by Crippen LogP contribution is 2.28. The first-order valence-corrected chi connectivity index (χ1v) is 8.57. The van der Waals surface area contributed by atoms with Gasteiger partial charge in [0.1, 0.15) is 16.5 Å². The molecule has 0 atom stereocenters. The van der Waals surface area contributed by atoms with Crippen LogP contribution in [0.2, 0.25) is 10.0 Å². The number of aromatic nitrogens is 1. The van der Waals surface area contributed by atoms with E-state index in [-0.39, 0.29) is 5.91 Å². The summed E-state index contributed by atoms with van der Waals surface area (Å²) >= 11 is 13.3. The van der Waals surface area contributed by atoms with Crippen molar-refractivity contribution < 1.29 is 9.53 Å². The molecule has 0 saturated carbocycles. The summed E-state index contributed by atoms with van der Waals surface area (Å²) in [5.41, 5.74) is 1.74. The molecule has 0 fully saturated rings. The van der Waals surface area contributed by atoms with Crippen molar-refractivity contribution in [1.82, 2.24) is 4.98 Å². The van der Waals surface area contributed by atoms with Crippen molar-refractivity contribution in [3.8, 4) is 16.3 Å². The van der Waals surface area contributed by atoms with Gasteiger partial charge in [-0.15, -0.1) is 11.3 Å². The van der Waals surface area contributed by atoms with Crippen LogP contribution in [-0.2, 0) is 0 Å². The molecule has 3 aromatic rings. The van der Waals surface area contributed by atoms with Crippen LogP contribution in [0.1, 0.15) is 10.5 Å². The number of hydrogen-bond acceptors (Lipinski definition) is 4. The van der Waals surface area contributed by atoms with Crippen molar-refractivity contribution in [1.29, 1.82) is 0 Å². The molecule has 0 spiro atoms. The van der Waals surface area contributed by atoms with Gasteiger partial charge in [0.25, 0.3) is 5.91 Å². The first-order chi connectivity index (χ1) is 11.6. The van der Waals surface area contributed by atoms with Crippen molar-refractivity contribution in [3.63, 3.8) is 0 Å². The molecule has 0 aliphatic rings. The number of anilines is 1. The molecular weight excluding hydrogens is 367 g/mol. The van der Waals surface area contributed by atoms with Crippen molar-refractivity contribution in [2.45, 2.75) is 0 Å². The smallest absolute Gasteiger partial charge is 0.275 e. The van der Waals surface area contributed by atoms with Gasteiger partial charge in [0.15, 0.2) is 0 Å². The van der Waals surface area contributed by atoms with E-state index in [1.165, 1.54) is 11.3 Å². The maximum absolute atomic E-state index is 12.3. The molecule has 0 aliphatic carbocycles. The first-order valence-electron chi connectivity index (χ1n) is 6.93. The number of nitrogens with one attached hydrogen (secondary N) is 1. The zero-order chi connectivity index (χ0) is 17.1. The Morgan fingerprint density at radius 1 is 1.17 bits per heavy atom. The Morgan fingerprint density at radius 3 is 2.58 bits per heavy atom. The van der Waals surface area contributed by atoms with Crippen LogP contribution in [0, 0.1) is 0 Å². The van der Waals surface area contributed by atoms with Gasteiger partial charge in [-0.05, 0) is 42.5 Å². The van der Waals surface area contributed by atoms with Crippen LogP contribution in [0.3, 0.4) is 0 Å². The molecule has 1 amide bonds. The van der Waals surface area contributed by atoms with E-state index in [0.717, 1.165) is 16.3 Å². The third-order valence-corrected chi connectivity index (χ3v) is 4.69. The number of ether oxygens (including phenoxy) is 1. The summed E-state index contributed by atoms with van der Waals surface area (Å²) in [6, 6.07) is 12.4. The lowest BCUT2D eigenvalue weighted by Gasteiger charge is -2.05. The number of methoxy groups -OCH3 is 1. The number of amides is 1. The van der Waals surface area contributed by atoms with Crippen LogP contribution in [0.15, 0.2) is 47.8 Å². The summed E-state index contributed by atoms with van der Waals surface area (Å²) < 4.78 is 5.13. The zero-order valence-corrected chi connectivity index (χ0v) is 14.9. The number of thiazole rings is 1. The highest BCUT2D eigenvalue weighted by Gasteiger charge is 2.13. The quantitative estimate of drug-likeness (QED) is 0.662. The fourth-order valence-electron chi connectivity index (χ4n) is 2.02. The lowest BCUT2D eigenvalue weighted by molar-refractivity contribution is 0.102. The van der Waals surface area contributed by atoms with Gasteiger partial charge in [-0.2, -0.15) is 0 Å². The number of benzene rings is 2. The van der Waals surface area contributed by atoms with E-state index in [2.05, 4.69) is 10.3 Å². The molecule has 0 unspecified atom stereocenters. The van der Waals surface area contributed by atoms with Gasteiger partial charge in [0.05, 0.1) is 17.8 Å². The Hall–Kier alpha value is -2.08. The zero-order valence-electron chi connectivity index (χ0n) is 12.5. The fourth-order valence-corrected chi connectivity index (χ4v) is 3.28. The number of hydrogen-bond donors (Lipinski definition) is 1. The van der Waals surface area contributed by atoms with Gasteiger partial charge >= 0.3 is 0 Å². The lowest BCUT2D eigenvalue weighted by atomic mass is 10.2. The largest absolute Gasteiger partial charge is 0.497 e. The topological polar surface area (TPSA) is 51.2 Å². The number of carbonyl (C=O) groups is 1. The lowest BCUT2D eigenvalue weighted by Crippen LogP contribution is -2.12. The van der Waals surface area contributed by atoms with Crippen LogP contribution in [0.25, 0.3) is 10.6 Å². The molecule has 0 radical (unpaired) electrons. The van der Waals surface area contributed by atoms with Crippen molar-refractivity contribution in [3.05, 3.63) is 63.6 Å². The summed E-state index contributed by atoms with van der Waals surface area (Å²) in [4.78, 5) is 16.7. The molecule has 0 saturated heterocycles. The van der Waals surface area contributed by atoms with Crippen molar-refractivity contribution in [2.75, 3.05) is 12.4 Å². The third-order valence-electron chi connectivity index (χ3n) is 3.25. The van der Waals surface area contributed by atoms with Gasteiger partial charge in [-0.3, -0.25) is 4.79 Å². The second kappa shape index (κ2) is 7.21. The van der Waals surface area contributed by atoms with Gasteiger partial charge in [-0.25, -0.2) is 4.98 Å². The van der Waals surface area contributed by atoms with Gasteiger partial charge in [-0.1, -0.05) is 23.2 Å². The molecule has 7 heteroatoms. The third kappa shape index (κ3) is 3.70. The minimum Gasteiger partial charge on any atom is -0.497 e. The van der Waals surface area contributed by atoms with E-state index in [4.69, 9.17) is 27.9 Å². The predicted octanol–water partition coefficient (Wildman–Crippen LogP) is 5.38. The Kier molecular flexibility index (Phi) is 5.04. The van der Waals surface area contributed by atoms with E-state index >= 15 is 0 Å². The number of halogens is 2. The van der Waals surface area contributed by atoms with Crippen LogP contribution in [0.4, 0.5) is 5.69 Å². The molecule has 122 valence electrons. The Labute approximate surface area is 153 Å². The van der Waals surface area contributed by atoms with Gasteiger partial charge in [0, 0.05) is 16.0 Å². The average Bonchev–Trinajstić information content (AvgIpc) is 3.07. The van der Waals surface area contributed by atoms with Crippen LogP contribution >= 0.6 is 34.5 Å². The number of carbonyl (C=O) groups excluding carboxylic acids is 1. The standard InChI is InChI=1S/C17H12Cl2N2O2S/c1-23-12-5-2-10(3-6-12)17-21-15(9-24-17)16(22)20-14-7-4-11(18)8-13(14)19/h2-9H,1H3,(H,20,22). The summed E-state index contributed by atoms with van der Waals surface area (Å²) in [6.07, 6.45) is 0. The SMILES string of the molecule is COc1ccc(-c2nc(C(=O)Nc3ccc(Cl)cc3Cl)cs2)cc1. The molecule has 0 bridgehead atoms. The van der Waals surface area contributed by atoms with E-state index in [0.29, 0.717) is 21.4 Å². The monoisotopic (exact) mass is 378 g/mol. The molecule has 1 aromatic heterocycles. The molecule has 4 nitrogen and oxygen atoms in total. The Bertz CT molecular complexity index is 879. The summed E-state index contributed by atoms with van der Waals surface area (Å²) in [7, 11) is 1.61. The molecular formula is C17H12Cl2N2O2S. The van der Waals surface area contributed by atoms with Gasteiger partial charge in [0.2, 0.25) is 0 Å². The van der Waals surface area contributed by atoms with E-state index < -0.39 is 0 Å². The van der Waals surface area contributed by atoms with Crippen molar-refractivity contribution >= 4 is 46.1 Å². The molecule has 0 aliphatic heterocycles. The Morgan fingerprint density at radius 2 is 1.92 bits per heavy atom. The maximum Gasteiger partial charge on any atom is 0.275 e. The average molecular weight is 379 g/mol. The molecule has 24 heavy (non-hydrogen) atoms. The van der Waals surface area contributed by atoms with E-state index in [9.17, 15) is 4.79 Å². The second-order valence-corrected chi connectivity index (χ2v) is 6.55. The molecule has 3 rings (SSSR count). The first kappa shape index (κ1) is 16.8. The highest BCUT2D eigenvalue weighted by molar-refractivity contribution is 7.13. The Balaban J connectivity index is 1.77. The maximum atomic E-state index is 12.3. The minimum absolute atomic E-state index is 0.324. The second-order valence-electron chi connectivity index (χ2n) is 4.84. The van der Waals surface area contributed by atoms with Gasteiger partial charge < -0.3 is 10.1 Å². The van der Waals surface area contributed by atoms with Crippen molar-refractivity contribution in [2.24, 2.45) is 0 Å². The number of nitrogens with zero attached hydrogens (tertiary/aromatic N) is 1. The van der Waals surface area contributed by atoms with E-state index in [1.54, 1.807) is 30.7 Å². The fraction of sp³-hybridized carbons (Fsp3) is 0.0588. The summed E-state index contributed by atoms with van der Waals surface area (Å²) in [5, 5.41) is 6.08. The molecule has 1 N–H and O–H groups in total. The normalized spacial score (nSPS) is 10.5. The number of rotatable bonds is 4. The van der Waals surface area contributed by atoms with Crippen LogP contribution in [-0.4, -0.2) is 18.0 Å².